The molecule has 5 rings (SSSR count). The van der Waals surface area contributed by atoms with Crippen molar-refractivity contribution in [3.63, 3.8) is 0 Å². The Bertz CT molecular complexity index is 1380. The number of hydrogen-bond acceptors (Lipinski definition) is 10. The van der Waals surface area contributed by atoms with Crippen molar-refractivity contribution in [1.29, 1.82) is 0 Å². The summed E-state index contributed by atoms with van der Waals surface area (Å²) in [5, 5.41) is 23.5. The molecule has 36 heavy (non-hydrogen) atoms. The van der Waals surface area contributed by atoms with Crippen LogP contribution < -0.4 is 14.8 Å². The third-order valence-electron chi connectivity index (χ3n) is 6.19. The molecule has 0 amide bonds. The number of hydrogen-bond donors (Lipinski definition) is 3. The van der Waals surface area contributed by atoms with E-state index in [-0.39, 0.29) is 19.0 Å². The molecule has 2 atom stereocenters. The SMILES string of the molecule is COc1cc(N=S2(=O)CCC(O)CC2)cc2ncnc(Nc3ccc(F)cc3O[C@H]3COC[C@@H]3O)c12. The minimum atomic E-state index is -2.49. The van der Waals surface area contributed by atoms with Gasteiger partial charge >= 0.3 is 0 Å². The monoisotopic (exact) mass is 518 g/mol. The van der Waals surface area contributed by atoms with Crippen molar-refractivity contribution in [3.05, 3.63) is 42.5 Å². The Balaban J connectivity index is 1.51. The second kappa shape index (κ2) is 10.1. The van der Waals surface area contributed by atoms with Crippen LogP contribution in [0.25, 0.3) is 10.9 Å². The van der Waals surface area contributed by atoms with Gasteiger partial charge < -0.3 is 29.7 Å². The fourth-order valence-electron chi connectivity index (χ4n) is 4.24. The third-order valence-corrected chi connectivity index (χ3v) is 8.48. The van der Waals surface area contributed by atoms with Gasteiger partial charge in [-0.2, -0.15) is 4.36 Å². The minimum absolute atomic E-state index is 0.150. The maximum absolute atomic E-state index is 14.0. The van der Waals surface area contributed by atoms with Crippen molar-refractivity contribution in [1.82, 2.24) is 9.97 Å². The molecule has 0 bridgehead atoms. The van der Waals surface area contributed by atoms with Crippen molar-refractivity contribution in [2.45, 2.75) is 31.2 Å². The summed E-state index contributed by atoms with van der Waals surface area (Å²) < 4.78 is 48.4. The van der Waals surface area contributed by atoms with Gasteiger partial charge in [0, 0.05) is 23.6 Å². The number of methoxy groups -OCH3 is 1. The summed E-state index contributed by atoms with van der Waals surface area (Å²) in [6, 6.07) is 7.40. The van der Waals surface area contributed by atoms with E-state index in [0.29, 0.717) is 58.2 Å². The van der Waals surface area contributed by atoms with Gasteiger partial charge in [-0.1, -0.05) is 0 Å². The van der Waals surface area contributed by atoms with Crippen LogP contribution in [0.2, 0.25) is 0 Å². The van der Waals surface area contributed by atoms with Gasteiger partial charge in [0.2, 0.25) is 0 Å². The van der Waals surface area contributed by atoms with E-state index in [0.717, 1.165) is 0 Å². The number of rotatable bonds is 6. The standard InChI is InChI=1S/C24H27FN4O6S/c1-33-21-10-15(29-36(32)6-4-16(30)5-7-36)9-18-23(21)24(27-13-26-18)28-17-3-2-14(25)8-20(17)35-22-12-34-11-19(22)31/h2-3,8-10,13,16,19,22,30-31H,4-7,11-12H2,1H3,(H,26,27,28)/t16?,19-,22-,36?/m0/s1. The Morgan fingerprint density at radius 3 is 2.67 bits per heavy atom. The average molecular weight is 519 g/mol. The van der Waals surface area contributed by atoms with Gasteiger partial charge in [0.1, 0.15) is 35.6 Å². The molecule has 2 aliphatic heterocycles. The van der Waals surface area contributed by atoms with Crippen molar-refractivity contribution >= 4 is 37.8 Å². The number of halogens is 1. The predicted molar refractivity (Wildman–Crippen MR) is 132 cm³/mol. The van der Waals surface area contributed by atoms with Gasteiger partial charge in [-0.05, 0) is 31.0 Å². The maximum Gasteiger partial charge on any atom is 0.150 e. The molecule has 12 heteroatoms. The molecule has 2 fully saturated rings. The lowest BCUT2D eigenvalue weighted by Gasteiger charge is -2.20. The highest BCUT2D eigenvalue weighted by atomic mass is 32.2. The summed E-state index contributed by atoms with van der Waals surface area (Å²) >= 11 is 0. The summed E-state index contributed by atoms with van der Waals surface area (Å²) in [6.45, 7) is 0.340. The van der Waals surface area contributed by atoms with Gasteiger partial charge in [-0.15, -0.1) is 0 Å². The lowest BCUT2D eigenvalue weighted by Crippen LogP contribution is -2.30. The number of aliphatic hydroxyl groups excluding tert-OH is 2. The first kappa shape index (κ1) is 24.6. The minimum Gasteiger partial charge on any atom is -0.496 e. The summed E-state index contributed by atoms with van der Waals surface area (Å²) in [6.07, 6.45) is 0.388. The van der Waals surface area contributed by atoms with Crippen LogP contribution in [0.5, 0.6) is 11.5 Å². The summed E-state index contributed by atoms with van der Waals surface area (Å²) in [5.41, 5.74) is 1.40. The molecule has 10 nitrogen and oxygen atoms in total. The van der Waals surface area contributed by atoms with Crippen LogP contribution in [-0.4, -0.2) is 74.5 Å². The van der Waals surface area contributed by atoms with E-state index in [4.69, 9.17) is 14.2 Å². The second-order valence-electron chi connectivity index (χ2n) is 8.79. The highest BCUT2D eigenvalue weighted by molar-refractivity contribution is 7.93. The van der Waals surface area contributed by atoms with Crippen molar-refractivity contribution in [2.75, 3.05) is 37.1 Å². The van der Waals surface area contributed by atoms with Crippen LogP contribution in [0.4, 0.5) is 21.6 Å². The molecule has 2 saturated heterocycles. The van der Waals surface area contributed by atoms with Crippen LogP contribution in [-0.2, 0) is 14.5 Å². The molecule has 3 heterocycles. The molecule has 0 radical (unpaired) electrons. The number of nitrogens with zero attached hydrogens (tertiary/aromatic N) is 3. The van der Waals surface area contributed by atoms with Gasteiger partial charge in [0.05, 0.1) is 58.4 Å². The Hall–Kier alpha value is -3.06. The molecule has 2 aliphatic rings. The second-order valence-corrected chi connectivity index (χ2v) is 11.3. The smallest absolute Gasteiger partial charge is 0.150 e. The quantitative estimate of drug-likeness (QED) is 0.450. The Labute approximate surface area is 207 Å². The Morgan fingerprint density at radius 2 is 1.94 bits per heavy atom. The number of aliphatic hydroxyl groups is 2. The van der Waals surface area contributed by atoms with E-state index in [2.05, 4.69) is 19.6 Å². The van der Waals surface area contributed by atoms with Crippen LogP contribution in [0.15, 0.2) is 41.0 Å². The lowest BCUT2D eigenvalue weighted by atomic mass is 10.2. The van der Waals surface area contributed by atoms with Gasteiger partial charge in [0.25, 0.3) is 0 Å². The van der Waals surface area contributed by atoms with Crippen LogP contribution in [0, 0.1) is 5.82 Å². The van der Waals surface area contributed by atoms with E-state index >= 15 is 0 Å². The number of fused-ring (bicyclic) bond motifs is 1. The number of nitrogens with one attached hydrogen (secondary N) is 1. The molecular formula is C24H27FN4O6S. The first-order valence-corrected chi connectivity index (χ1v) is 13.4. The van der Waals surface area contributed by atoms with Gasteiger partial charge in [0.15, 0.2) is 6.10 Å². The molecule has 0 aliphatic carbocycles. The van der Waals surface area contributed by atoms with E-state index in [9.17, 15) is 18.8 Å². The van der Waals surface area contributed by atoms with E-state index in [1.807, 2.05) is 0 Å². The van der Waals surface area contributed by atoms with E-state index < -0.39 is 33.9 Å². The van der Waals surface area contributed by atoms with E-state index in [1.165, 1.54) is 31.6 Å². The zero-order valence-electron chi connectivity index (χ0n) is 19.6. The first-order chi connectivity index (χ1) is 17.3. The highest BCUT2D eigenvalue weighted by Crippen LogP contribution is 2.38. The fraction of sp³-hybridized carbons (Fsp3) is 0.417. The summed E-state index contributed by atoms with van der Waals surface area (Å²) in [4.78, 5) is 8.69. The van der Waals surface area contributed by atoms with Crippen molar-refractivity contribution < 1.29 is 33.0 Å². The molecule has 1 aromatic heterocycles. The molecule has 0 saturated carbocycles. The average Bonchev–Trinajstić information content (AvgIpc) is 3.26. The molecule has 0 unspecified atom stereocenters. The van der Waals surface area contributed by atoms with E-state index in [1.54, 1.807) is 12.1 Å². The highest BCUT2D eigenvalue weighted by Gasteiger charge is 2.29. The first-order valence-electron chi connectivity index (χ1n) is 11.6. The lowest BCUT2D eigenvalue weighted by molar-refractivity contribution is 0.0736. The predicted octanol–water partition coefficient (Wildman–Crippen LogP) is 2.91. The maximum atomic E-state index is 14.0. The number of aromatic nitrogens is 2. The van der Waals surface area contributed by atoms with Gasteiger partial charge in [-0.3, -0.25) is 0 Å². The van der Waals surface area contributed by atoms with Crippen LogP contribution >= 0.6 is 0 Å². The van der Waals surface area contributed by atoms with Crippen LogP contribution in [0.1, 0.15) is 12.8 Å². The molecule has 3 aromatic rings. The number of benzene rings is 2. The topological polar surface area (TPSA) is 135 Å². The Kier molecular flexibility index (Phi) is 6.93. The normalized spacial score (nSPS) is 26.1. The molecule has 192 valence electrons. The van der Waals surface area contributed by atoms with Gasteiger partial charge in [-0.25, -0.2) is 18.6 Å². The number of ether oxygens (including phenoxy) is 3. The fourth-order valence-corrected chi connectivity index (χ4v) is 6.40. The van der Waals surface area contributed by atoms with Crippen molar-refractivity contribution in [3.8, 4) is 11.5 Å². The largest absolute Gasteiger partial charge is 0.496 e. The summed E-state index contributed by atoms with van der Waals surface area (Å²) in [5.74, 6) is 1.16. The zero-order chi connectivity index (χ0) is 25.3. The number of anilines is 2. The molecular weight excluding hydrogens is 491 g/mol. The van der Waals surface area contributed by atoms with Crippen LogP contribution in [0.3, 0.4) is 0 Å². The summed E-state index contributed by atoms with van der Waals surface area (Å²) in [7, 11) is -0.987. The Morgan fingerprint density at radius 1 is 1.14 bits per heavy atom. The zero-order valence-corrected chi connectivity index (χ0v) is 20.4. The third kappa shape index (κ3) is 5.21. The molecule has 2 aromatic carbocycles. The van der Waals surface area contributed by atoms with Crippen molar-refractivity contribution in [2.24, 2.45) is 4.36 Å². The molecule has 3 N–H and O–H groups in total. The molecule has 0 spiro atoms.